The molecule has 14 heavy (non-hydrogen) atoms. The lowest BCUT2D eigenvalue weighted by molar-refractivity contribution is 0.816. The Morgan fingerprint density at radius 1 is 1.29 bits per heavy atom. The Morgan fingerprint density at radius 2 is 1.86 bits per heavy atom. The number of unbranched alkanes of at least 4 members (excludes halogenated alkanes) is 2. The van der Waals surface area contributed by atoms with Gasteiger partial charge in [0.15, 0.2) is 0 Å². The number of nitrogen functional groups attached to an aromatic ring is 1. The molecule has 0 aliphatic carbocycles. The zero-order chi connectivity index (χ0) is 10.8. The van der Waals surface area contributed by atoms with Gasteiger partial charge in [-0.15, -0.1) is 6.58 Å². The third-order valence-corrected chi connectivity index (χ3v) is 1.84. The van der Waals surface area contributed by atoms with Crippen LogP contribution in [0.2, 0.25) is 0 Å². The van der Waals surface area contributed by atoms with Crippen molar-refractivity contribution in [3.63, 3.8) is 0 Å². The van der Waals surface area contributed by atoms with Crippen LogP contribution in [0.25, 0.3) is 0 Å². The van der Waals surface area contributed by atoms with Crippen LogP contribution in [-0.2, 0) is 0 Å². The van der Waals surface area contributed by atoms with Crippen LogP contribution in [0.15, 0.2) is 36.9 Å². The Morgan fingerprint density at radius 3 is 2.14 bits per heavy atom. The van der Waals surface area contributed by atoms with Crippen molar-refractivity contribution in [1.29, 1.82) is 0 Å². The molecule has 1 aromatic rings. The fourth-order valence-corrected chi connectivity index (χ4v) is 0.915. The molecule has 0 fully saturated rings. The van der Waals surface area contributed by atoms with E-state index in [4.69, 9.17) is 5.73 Å². The number of rotatable bonds is 3. The highest BCUT2D eigenvalue weighted by Gasteiger charge is 1.80. The lowest BCUT2D eigenvalue weighted by Gasteiger charge is -1.90. The second kappa shape index (κ2) is 8.36. The van der Waals surface area contributed by atoms with Gasteiger partial charge < -0.3 is 5.73 Å². The van der Waals surface area contributed by atoms with Gasteiger partial charge in [-0.25, -0.2) is 0 Å². The van der Waals surface area contributed by atoms with Gasteiger partial charge in [0.1, 0.15) is 0 Å². The van der Waals surface area contributed by atoms with Crippen molar-refractivity contribution in [1.82, 2.24) is 0 Å². The standard InChI is InChI=1S/C7H9N.C6H12/c1-6-2-4-7(8)5-3-6;1-3-5-6-4-2/h2-5H,8H2,1H3;3H,1,4-6H2,2H3. The Balaban J connectivity index is 0.000000255. The van der Waals surface area contributed by atoms with E-state index in [1.165, 1.54) is 24.8 Å². The molecule has 0 unspecified atom stereocenters. The molecule has 0 aromatic heterocycles. The minimum atomic E-state index is 0.829. The summed E-state index contributed by atoms with van der Waals surface area (Å²) in [7, 11) is 0. The Kier molecular flexibility index (Phi) is 7.62. The monoisotopic (exact) mass is 191 g/mol. The maximum Gasteiger partial charge on any atom is 0.0314 e. The Hall–Kier alpha value is -1.24. The van der Waals surface area contributed by atoms with Crippen molar-refractivity contribution in [2.24, 2.45) is 0 Å². The maximum atomic E-state index is 5.43. The number of benzene rings is 1. The summed E-state index contributed by atoms with van der Waals surface area (Å²) >= 11 is 0. The Labute approximate surface area is 87.6 Å². The van der Waals surface area contributed by atoms with Gasteiger partial charge in [0, 0.05) is 5.69 Å². The van der Waals surface area contributed by atoms with Crippen LogP contribution in [-0.4, -0.2) is 0 Å². The number of allylic oxidation sites excluding steroid dienone is 1. The van der Waals surface area contributed by atoms with Crippen LogP contribution in [0.5, 0.6) is 0 Å². The molecule has 0 saturated heterocycles. The number of anilines is 1. The third-order valence-electron chi connectivity index (χ3n) is 1.84. The highest BCUT2D eigenvalue weighted by atomic mass is 14.5. The van der Waals surface area contributed by atoms with Crippen molar-refractivity contribution in [3.05, 3.63) is 42.5 Å². The minimum absolute atomic E-state index is 0.829. The molecule has 78 valence electrons. The molecule has 0 amide bonds. The smallest absolute Gasteiger partial charge is 0.0314 e. The molecule has 0 atom stereocenters. The molecule has 1 aromatic carbocycles. The highest BCUT2D eigenvalue weighted by molar-refractivity contribution is 5.38. The molecule has 0 radical (unpaired) electrons. The predicted octanol–water partition coefficient (Wildman–Crippen LogP) is 3.94. The summed E-state index contributed by atoms with van der Waals surface area (Å²) in [5, 5.41) is 0. The van der Waals surface area contributed by atoms with Crippen LogP contribution < -0.4 is 5.73 Å². The normalized spacial score (nSPS) is 8.71. The van der Waals surface area contributed by atoms with Crippen molar-refractivity contribution in [2.75, 3.05) is 5.73 Å². The van der Waals surface area contributed by atoms with Crippen molar-refractivity contribution >= 4 is 5.69 Å². The maximum absolute atomic E-state index is 5.43. The summed E-state index contributed by atoms with van der Waals surface area (Å²) in [5.74, 6) is 0. The first kappa shape index (κ1) is 12.8. The van der Waals surface area contributed by atoms with Crippen LogP contribution in [0.4, 0.5) is 5.69 Å². The molecule has 2 N–H and O–H groups in total. The molecule has 0 bridgehead atoms. The summed E-state index contributed by atoms with van der Waals surface area (Å²) < 4.78 is 0. The first-order chi connectivity index (χ1) is 6.70. The average Bonchev–Trinajstić information content (AvgIpc) is 2.20. The fraction of sp³-hybridized carbons (Fsp3) is 0.385. The second-order valence-electron chi connectivity index (χ2n) is 3.34. The average molecular weight is 191 g/mol. The van der Waals surface area contributed by atoms with Gasteiger partial charge >= 0.3 is 0 Å². The molecule has 0 aliphatic heterocycles. The van der Waals surface area contributed by atoms with E-state index in [-0.39, 0.29) is 0 Å². The third kappa shape index (κ3) is 7.41. The lowest BCUT2D eigenvalue weighted by atomic mass is 10.2. The number of hydrogen-bond acceptors (Lipinski definition) is 1. The summed E-state index contributed by atoms with van der Waals surface area (Å²) in [5.41, 5.74) is 7.51. The predicted molar refractivity (Wildman–Crippen MR) is 65.3 cm³/mol. The molecule has 1 nitrogen and oxygen atoms in total. The van der Waals surface area contributed by atoms with Gasteiger partial charge in [0.05, 0.1) is 0 Å². The fourth-order valence-electron chi connectivity index (χ4n) is 0.915. The largest absolute Gasteiger partial charge is 0.399 e. The number of nitrogens with two attached hydrogens (primary N) is 1. The van der Waals surface area contributed by atoms with Gasteiger partial charge in [-0.1, -0.05) is 43.5 Å². The molecule has 0 aliphatic rings. The van der Waals surface area contributed by atoms with Crippen LogP contribution >= 0.6 is 0 Å². The summed E-state index contributed by atoms with van der Waals surface area (Å²) in [6, 6.07) is 7.79. The molecule has 0 saturated carbocycles. The lowest BCUT2D eigenvalue weighted by Crippen LogP contribution is -1.81. The van der Waals surface area contributed by atoms with E-state index in [2.05, 4.69) is 13.5 Å². The molecule has 0 heterocycles. The molecule has 1 heteroatoms. The van der Waals surface area contributed by atoms with Gasteiger partial charge in [-0.3, -0.25) is 0 Å². The van der Waals surface area contributed by atoms with Gasteiger partial charge in [0.25, 0.3) is 0 Å². The van der Waals surface area contributed by atoms with Gasteiger partial charge in [0.2, 0.25) is 0 Å². The van der Waals surface area contributed by atoms with E-state index in [9.17, 15) is 0 Å². The van der Waals surface area contributed by atoms with Crippen molar-refractivity contribution in [2.45, 2.75) is 33.1 Å². The van der Waals surface area contributed by atoms with Crippen LogP contribution in [0, 0.1) is 6.92 Å². The summed E-state index contributed by atoms with van der Waals surface area (Å²) in [6.07, 6.45) is 5.72. The van der Waals surface area contributed by atoms with E-state index in [0.717, 1.165) is 5.69 Å². The van der Waals surface area contributed by atoms with Crippen molar-refractivity contribution in [3.8, 4) is 0 Å². The highest BCUT2D eigenvalue weighted by Crippen LogP contribution is 2.02. The number of hydrogen-bond donors (Lipinski definition) is 1. The first-order valence-electron chi connectivity index (χ1n) is 5.13. The summed E-state index contributed by atoms with van der Waals surface area (Å²) in [4.78, 5) is 0. The topological polar surface area (TPSA) is 26.0 Å². The number of aryl methyl sites for hydroxylation is 1. The SMILES string of the molecule is C=CCCCC.Cc1ccc(N)cc1. The Bertz CT molecular complexity index is 215. The van der Waals surface area contributed by atoms with Crippen LogP contribution in [0.1, 0.15) is 31.7 Å². The van der Waals surface area contributed by atoms with E-state index in [1.807, 2.05) is 37.3 Å². The first-order valence-corrected chi connectivity index (χ1v) is 5.13. The molecule has 0 spiro atoms. The van der Waals surface area contributed by atoms with Crippen molar-refractivity contribution < 1.29 is 0 Å². The molecular weight excluding hydrogens is 170 g/mol. The molecular formula is C13H21N. The quantitative estimate of drug-likeness (QED) is 0.437. The molecule has 1 rings (SSSR count). The zero-order valence-corrected chi connectivity index (χ0v) is 9.29. The van der Waals surface area contributed by atoms with E-state index >= 15 is 0 Å². The van der Waals surface area contributed by atoms with E-state index in [1.54, 1.807) is 0 Å². The van der Waals surface area contributed by atoms with Crippen LogP contribution in [0.3, 0.4) is 0 Å². The summed E-state index contributed by atoms with van der Waals surface area (Å²) in [6.45, 7) is 7.82. The minimum Gasteiger partial charge on any atom is -0.399 e. The van der Waals surface area contributed by atoms with Gasteiger partial charge in [-0.05, 0) is 25.5 Å². The zero-order valence-electron chi connectivity index (χ0n) is 9.29. The second-order valence-corrected chi connectivity index (χ2v) is 3.34. The van der Waals surface area contributed by atoms with Gasteiger partial charge in [-0.2, -0.15) is 0 Å². The van der Waals surface area contributed by atoms with E-state index < -0.39 is 0 Å². The van der Waals surface area contributed by atoms with E-state index in [0.29, 0.717) is 0 Å².